The Labute approximate surface area is 72.8 Å². The van der Waals surface area contributed by atoms with Gasteiger partial charge < -0.3 is 4.74 Å². The van der Waals surface area contributed by atoms with Crippen molar-refractivity contribution in [1.82, 2.24) is 0 Å². The Morgan fingerprint density at radius 1 is 1.50 bits per heavy atom. The van der Waals surface area contributed by atoms with Gasteiger partial charge in [-0.3, -0.25) is 0 Å². The van der Waals surface area contributed by atoms with Gasteiger partial charge in [-0.25, -0.2) is 0 Å². The van der Waals surface area contributed by atoms with Crippen molar-refractivity contribution in [3.8, 4) is 0 Å². The van der Waals surface area contributed by atoms with Gasteiger partial charge in [0.2, 0.25) is 0 Å². The molecule has 0 heterocycles. The van der Waals surface area contributed by atoms with Gasteiger partial charge >= 0.3 is 0 Å². The van der Waals surface area contributed by atoms with Gasteiger partial charge in [0.1, 0.15) is 0 Å². The second-order valence-corrected chi connectivity index (χ2v) is 3.13. The zero-order chi connectivity index (χ0) is 8.15. The summed E-state index contributed by atoms with van der Waals surface area (Å²) in [6.07, 6.45) is 0. The maximum Gasteiger partial charge on any atom is 0.167 e. The molecule has 0 spiro atoms. The first kappa shape index (κ1) is 9.98. The fraction of sp³-hybridized carbons (Fsp3) is 0.714. The highest BCUT2D eigenvalue weighted by Crippen LogP contribution is 2.03. The van der Waals surface area contributed by atoms with Gasteiger partial charge in [-0.1, -0.05) is 12.2 Å². The molecule has 0 aromatic carbocycles. The quantitative estimate of drug-likeness (QED) is 0.611. The van der Waals surface area contributed by atoms with Crippen LogP contribution in [0, 0.1) is 5.92 Å². The molecule has 1 nitrogen and oxygen atoms in total. The van der Waals surface area contributed by atoms with E-state index in [0.29, 0.717) is 11.7 Å². The number of rotatable bonds is 3. The molecular weight excluding hydrogens is 164 g/mol. The van der Waals surface area contributed by atoms with E-state index in [9.17, 15) is 0 Å². The summed E-state index contributed by atoms with van der Waals surface area (Å²) in [5.74, 6) is 0.130. The van der Waals surface area contributed by atoms with E-state index in [0.717, 1.165) is 4.86 Å². The first-order valence-electron chi connectivity index (χ1n) is 3.26. The van der Waals surface area contributed by atoms with Crippen LogP contribution in [0.2, 0.25) is 0 Å². The van der Waals surface area contributed by atoms with E-state index in [1.165, 1.54) is 0 Å². The maximum atomic E-state index is 5.11. The van der Waals surface area contributed by atoms with Gasteiger partial charge in [-0.15, -0.1) is 0 Å². The van der Waals surface area contributed by atoms with Crippen LogP contribution >= 0.6 is 24.4 Å². The Kier molecular flexibility index (Phi) is 4.73. The minimum absolute atomic E-state index is 0.130. The molecule has 0 bridgehead atoms. The Bertz CT molecular complexity index is 143. The summed E-state index contributed by atoms with van der Waals surface area (Å²) in [6.45, 7) is 6.38. The molecule has 0 rings (SSSR count). The third kappa shape index (κ3) is 3.22. The lowest BCUT2D eigenvalue weighted by atomic mass is 10.1. The average Bonchev–Trinajstić information content (AvgIpc) is 1.87. The van der Waals surface area contributed by atoms with Crippen LogP contribution in [-0.4, -0.2) is 16.5 Å². The molecule has 1 unspecified atom stereocenters. The van der Waals surface area contributed by atoms with Crippen LogP contribution in [0.15, 0.2) is 0 Å². The Hall–Kier alpha value is -0.0200. The summed E-state index contributed by atoms with van der Waals surface area (Å²) in [7, 11) is 0. The highest BCUT2D eigenvalue weighted by atomic mass is 32.1. The SMILES string of the molecule is CCOC(=S)C(C)C(C)=S. The van der Waals surface area contributed by atoms with Crippen molar-refractivity contribution in [2.24, 2.45) is 5.92 Å². The third-order valence-electron chi connectivity index (χ3n) is 1.25. The molecule has 0 radical (unpaired) electrons. The van der Waals surface area contributed by atoms with Crippen LogP contribution in [0.1, 0.15) is 20.8 Å². The van der Waals surface area contributed by atoms with Gasteiger partial charge in [0.05, 0.1) is 12.5 Å². The Morgan fingerprint density at radius 2 is 2.00 bits per heavy atom. The largest absolute Gasteiger partial charge is 0.487 e. The van der Waals surface area contributed by atoms with E-state index in [1.54, 1.807) is 0 Å². The molecule has 1 atom stereocenters. The minimum Gasteiger partial charge on any atom is -0.487 e. The fourth-order valence-electron chi connectivity index (χ4n) is 0.433. The molecule has 0 N–H and O–H groups in total. The van der Waals surface area contributed by atoms with Crippen LogP contribution in [0.5, 0.6) is 0 Å². The average molecular weight is 176 g/mol. The summed E-state index contributed by atoms with van der Waals surface area (Å²) >= 11 is 9.88. The lowest BCUT2D eigenvalue weighted by molar-refractivity contribution is 0.323. The zero-order valence-electron chi connectivity index (χ0n) is 6.51. The summed E-state index contributed by atoms with van der Waals surface area (Å²) in [5, 5.41) is 0.606. The maximum absolute atomic E-state index is 5.11. The van der Waals surface area contributed by atoms with Crippen molar-refractivity contribution >= 4 is 34.4 Å². The van der Waals surface area contributed by atoms with Crippen molar-refractivity contribution in [1.29, 1.82) is 0 Å². The molecule has 0 aromatic rings. The molecule has 0 aliphatic rings. The van der Waals surface area contributed by atoms with E-state index >= 15 is 0 Å². The first-order valence-corrected chi connectivity index (χ1v) is 4.08. The van der Waals surface area contributed by atoms with E-state index in [4.69, 9.17) is 29.2 Å². The van der Waals surface area contributed by atoms with Crippen molar-refractivity contribution < 1.29 is 4.74 Å². The summed E-state index contributed by atoms with van der Waals surface area (Å²) in [6, 6.07) is 0. The molecule has 0 saturated heterocycles. The Morgan fingerprint density at radius 3 is 2.30 bits per heavy atom. The number of hydrogen-bond donors (Lipinski definition) is 0. The van der Waals surface area contributed by atoms with E-state index in [2.05, 4.69) is 0 Å². The highest BCUT2D eigenvalue weighted by Gasteiger charge is 2.10. The molecule has 0 saturated carbocycles. The van der Waals surface area contributed by atoms with Crippen molar-refractivity contribution in [3.05, 3.63) is 0 Å². The normalized spacial score (nSPS) is 12.3. The predicted molar refractivity (Wildman–Crippen MR) is 51.7 cm³/mol. The van der Waals surface area contributed by atoms with Crippen LogP contribution in [0.25, 0.3) is 0 Å². The molecule has 3 heteroatoms. The van der Waals surface area contributed by atoms with Gasteiger partial charge in [0.15, 0.2) is 5.05 Å². The van der Waals surface area contributed by atoms with Gasteiger partial charge in [0.25, 0.3) is 0 Å². The zero-order valence-corrected chi connectivity index (χ0v) is 8.14. The minimum atomic E-state index is 0.130. The predicted octanol–water partition coefficient (Wildman–Crippen LogP) is 2.38. The Balaban J connectivity index is 3.82. The molecule has 58 valence electrons. The van der Waals surface area contributed by atoms with Gasteiger partial charge in [0, 0.05) is 4.86 Å². The van der Waals surface area contributed by atoms with Gasteiger partial charge in [-0.2, -0.15) is 0 Å². The number of ether oxygens (including phenoxy) is 1. The standard InChI is InChI=1S/C7H12OS2/c1-4-8-7(10)5(2)6(3)9/h5H,4H2,1-3H3. The second-order valence-electron chi connectivity index (χ2n) is 2.08. The van der Waals surface area contributed by atoms with E-state index < -0.39 is 0 Å². The number of thiocarbonyl (C=S) groups is 2. The number of hydrogen-bond acceptors (Lipinski definition) is 3. The topological polar surface area (TPSA) is 9.23 Å². The third-order valence-corrected chi connectivity index (χ3v) is 2.07. The molecule has 0 aromatic heterocycles. The van der Waals surface area contributed by atoms with Gasteiger partial charge in [-0.05, 0) is 33.0 Å². The van der Waals surface area contributed by atoms with Crippen LogP contribution in [-0.2, 0) is 4.74 Å². The van der Waals surface area contributed by atoms with Crippen molar-refractivity contribution in [2.45, 2.75) is 20.8 Å². The summed E-state index contributed by atoms with van der Waals surface area (Å²) < 4.78 is 5.11. The lowest BCUT2D eigenvalue weighted by Gasteiger charge is -2.10. The van der Waals surface area contributed by atoms with E-state index in [-0.39, 0.29) is 5.92 Å². The summed E-state index contributed by atoms with van der Waals surface area (Å²) in [5.41, 5.74) is 0. The fourth-order valence-corrected chi connectivity index (χ4v) is 0.909. The highest BCUT2D eigenvalue weighted by molar-refractivity contribution is 7.82. The molecule has 0 aliphatic carbocycles. The van der Waals surface area contributed by atoms with Crippen LogP contribution in [0.3, 0.4) is 0 Å². The molecular formula is C7H12OS2. The van der Waals surface area contributed by atoms with Crippen molar-refractivity contribution in [2.75, 3.05) is 6.61 Å². The molecule has 0 aliphatic heterocycles. The van der Waals surface area contributed by atoms with E-state index in [1.807, 2.05) is 20.8 Å². The lowest BCUT2D eigenvalue weighted by Crippen LogP contribution is -2.17. The molecule has 10 heavy (non-hydrogen) atoms. The molecule has 0 fully saturated rings. The van der Waals surface area contributed by atoms with Crippen LogP contribution < -0.4 is 0 Å². The molecule has 0 amide bonds. The smallest absolute Gasteiger partial charge is 0.167 e. The van der Waals surface area contributed by atoms with Crippen LogP contribution in [0.4, 0.5) is 0 Å². The summed E-state index contributed by atoms with van der Waals surface area (Å²) in [4.78, 5) is 0.887. The van der Waals surface area contributed by atoms with Crippen molar-refractivity contribution in [3.63, 3.8) is 0 Å². The monoisotopic (exact) mass is 176 g/mol. The second kappa shape index (κ2) is 4.74. The first-order chi connectivity index (χ1) is 4.59.